The molecule has 0 bridgehead atoms. The van der Waals surface area contributed by atoms with Gasteiger partial charge in [0.1, 0.15) is 0 Å². The molecule has 2 amide bonds. The van der Waals surface area contributed by atoms with E-state index in [2.05, 4.69) is 10.2 Å². The zero-order chi connectivity index (χ0) is 24.8. The number of nitrogens with zero attached hydrogens (tertiary/aromatic N) is 2. The number of ether oxygens (including phenoxy) is 1. The molecule has 1 unspecified atom stereocenters. The topological polar surface area (TPSA) is 61.9 Å². The maximum absolute atomic E-state index is 13.0. The van der Waals surface area contributed by atoms with E-state index >= 15 is 0 Å². The second kappa shape index (κ2) is 11.0. The Hall–Kier alpha value is -3.17. The summed E-state index contributed by atoms with van der Waals surface area (Å²) < 4.78 is 44.3. The van der Waals surface area contributed by atoms with Crippen LogP contribution in [-0.4, -0.2) is 56.1 Å². The first-order valence-electron chi connectivity index (χ1n) is 11.7. The molecule has 0 spiro atoms. The van der Waals surface area contributed by atoms with E-state index in [0.717, 1.165) is 36.3 Å². The van der Waals surface area contributed by atoms with Crippen molar-refractivity contribution < 1.29 is 27.5 Å². The Kier molecular flexibility index (Phi) is 7.87. The van der Waals surface area contributed by atoms with Gasteiger partial charge in [0, 0.05) is 44.4 Å². The van der Waals surface area contributed by atoms with Crippen molar-refractivity contribution in [1.82, 2.24) is 10.2 Å². The molecule has 2 fully saturated rings. The summed E-state index contributed by atoms with van der Waals surface area (Å²) in [5.74, 6) is -0.176. The minimum absolute atomic E-state index is 0.121. The molecule has 6 nitrogen and oxygen atoms in total. The Balaban J connectivity index is 1.38. The molecule has 2 aliphatic heterocycles. The smallest absolute Gasteiger partial charge is 0.379 e. The number of halogens is 3. The summed E-state index contributed by atoms with van der Waals surface area (Å²) in [6, 6.07) is 12.2. The van der Waals surface area contributed by atoms with Crippen LogP contribution in [0.3, 0.4) is 0 Å². The molecule has 1 N–H and O–H groups in total. The first-order valence-corrected chi connectivity index (χ1v) is 11.7. The van der Waals surface area contributed by atoms with Gasteiger partial charge in [-0.15, -0.1) is 0 Å². The van der Waals surface area contributed by atoms with Gasteiger partial charge in [-0.05, 0) is 47.9 Å². The zero-order valence-electron chi connectivity index (χ0n) is 19.3. The van der Waals surface area contributed by atoms with Gasteiger partial charge in [-0.3, -0.25) is 14.5 Å². The molecule has 0 saturated carbocycles. The minimum Gasteiger partial charge on any atom is -0.379 e. The largest absolute Gasteiger partial charge is 0.416 e. The van der Waals surface area contributed by atoms with Crippen LogP contribution in [0.25, 0.3) is 6.08 Å². The van der Waals surface area contributed by atoms with E-state index in [0.29, 0.717) is 38.3 Å². The normalized spacial score (nSPS) is 18.3. The van der Waals surface area contributed by atoms with Crippen molar-refractivity contribution in [3.63, 3.8) is 0 Å². The highest BCUT2D eigenvalue weighted by Gasteiger charge is 2.31. The van der Waals surface area contributed by atoms with Crippen LogP contribution in [0.1, 0.15) is 35.6 Å². The van der Waals surface area contributed by atoms with Crippen molar-refractivity contribution in [2.75, 3.05) is 44.3 Å². The highest BCUT2D eigenvalue weighted by atomic mass is 19.4. The number of benzene rings is 2. The van der Waals surface area contributed by atoms with Gasteiger partial charge < -0.3 is 15.0 Å². The summed E-state index contributed by atoms with van der Waals surface area (Å²) in [6.07, 6.45) is 0.151. The zero-order valence-corrected chi connectivity index (χ0v) is 19.3. The van der Waals surface area contributed by atoms with Crippen LogP contribution in [-0.2, 0) is 20.5 Å². The van der Waals surface area contributed by atoms with Crippen LogP contribution in [0.2, 0.25) is 0 Å². The van der Waals surface area contributed by atoms with Gasteiger partial charge in [0.25, 0.3) is 0 Å². The van der Waals surface area contributed by atoms with Gasteiger partial charge in [0.15, 0.2) is 0 Å². The molecule has 2 aliphatic rings. The number of carbonyl (C=O) groups is 2. The van der Waals surface area contributed by atoms with Crippen LogP contribution >= 0.6 is 0 Å². The van der Waals surface area contributed by atoms with Gasteiger partial charge >= 0.3 is 6.18 Å². The molecule has 35 heavy (non-hydrogen) atoms. The lowest BCUT2D eigenvalue weighted by Crippen LogP contribution is -2.43. The Labute approximate surface area is 202 Å². The van der Waals surface area contributed by atoms with Gasteiger partial charge in [-0.2, -0.15) is 13.2 Å². The lowest BCUT2D eigenvalue weighted by atomic mass is 10.0. The first-order chi connectivity index (χ1) is 16.8. The Morgan fingerprint density at radius 3 is 2.31 bits per heavy atom. The predicted octanol–water partition coefficient (Wildman–Crippen LogP) is 4.04. The van der Waals surface area contributed by atoms with Crippen LogP contribution in [0.4, 0.5) is 18.9 Å². The van der Waals surface area contributed by atoms with Crippen molar-refractivity contribution in [3.8, 4) is 0 Å². The number of nitrogens with one attached hydrogen (secondary N) is 1. The van der Waals surface area contributed by atoms with Crippen molar-refractivity contribution in [1.29, 1.82) is 0 Å². The highest BCUT2D eigenvalue weighted by molar-refractivity contribution is 5.95. The van der Waals surface area contributed by atoms with Gasteiger partial charge in [0.05, 0.1) is 24.8 Å². The van der Waals surface area contributed by atoms with Gasteiger partial charge in [0.2, 0.25) is 11.8 Å². The lowest BCUT2D eigenvalue weighted by Gasteiger charge is -2.35. The summed E-state index contributed by atoms with van der Waals surface area (Å²) in [6.45, 7) is 3.30. The quantitative estimate of drug-likeness (QED) is 0.599. The molecule has 9 heteroatoms. The molecular weight excluding hydrogens is 459 g/mol. The number of alkyl halides is 3. The molecule has 0 radical (unpaired) electrons. The summed E-state index contributed by atoms with van der Waals surface area (Å²) in [5.41, 5.74) is 1.67. The third-order valence-electron chi connectivity index (χ3n) is 6.28. The minimum atomic E-state index is -4.39. The monoisotopic (exact) mass is 487 g/mol. The average molecular weight is 488 g/mol. The van der Waals surface area contributed by atoms with E-state index in [1.165, 1.54) is 18.2 Å². The van der Waals surface area contributed by atoms with E-state index in [-0.39, 0.29) is 24.4 Å². The average Bonchev–Trinajstić information content (AvgIpc) is 3.29. The summed E-state index contributed by atoms with van der Waals surface area (Å²) >= 11 is 0. The molecule has 2 heterocycles. The second-order valence-corrected chi connectivity index (χ2v) is 8.60. The third-order valence-corrected chi connectivity index (χ3v) is 6.28. The number of amides is 2. The first kappa shape index (κ1) is 24.9. The fourth-order valence-electron chi connectivity index (χ4n) is 4.36. The molecule has 186 valence electrons. The molecule has 2 aromatic rings. The second-order valence-electron chi connectivity index (χ2n) is 8.60. The van der Waals surface area contributed by atoms with E-state index in [4.69, 9.17) is 4.74 Å². The highest BCUT2D eigenvalue weighted by Crippen LogP contribution is 2.31. The number of rotatable bonds is 7. The Bertz CT molecular complexity index is 1050. The van der Waals surface area contributed by atoms with Gasteiger partial charge in [-0.25, -0.2) is 0 Å². The number of morpholine rings is 1. The standard InChI is InChI=1S/C26H28F3N3O3/c27-26(28,29)21-8-6-20(7-9-21)23(31-14-16-35-17-15-31)18-30-24(33)12-5-19-3-10-22(11-4-19)32-13-1-2-25(32)34/h3-12,23H,1-2,13-18H2,(H,30,33). The van der Waals surface area contributed by atoms with E-state index < -0.39 is 11.7 Å². The molecule has 1 atom stereocenters. The van der Waals surface area contributed by atoms with Crippen molar-refractivity contribution in [3.05, 3.63) is 71.3 Å². The molecule has 4 rings (SSSR count). The summed E-state index contributed by atoms with van der Waals surface area (Å²) in [4.78, 5) is 28.2. The molecular formula is C26H28F3N3O3. The molecule has 2 aromatic carbocycles. The van der Waals surface area contributed by atoms with E-state index in [1.807, 2.05) is 24.3 Å². The number of carbonyl (C=O) groups excluding carboxylic acids is 2. The van der Waals surface area contributed by atoms with Crippen LogP contribution < -0.4 is 10.2 Å². The van der Waals surface area contributed by atoms with Gasteiger partial charge in [-0.1, -0.05) is 24.3 Å². The predicted molar refractivity (Wildman–Crippen MR) is 127 cm³/mol. The van der Waals surface area contributed by atoms with Crippen LogP contribution in [0, 0.1) is 0 Å². The fraction of sp³-hybridized carbons (Fsp3) is 0.385. The third kappa shape index (κ3) is 6.49. The lowest BCUT2D eigenvalue weighted by molar-refractivity contribution is -0.137. The Morgan fingerprint density at radius 1 is 1.03 bits per heavy atom. The fourth-order valence-corrected chi connectivity index (χ4v) is 4.36. The number of hydrogen-bond acceptors (Lipinski definition) is 4. The van der Waals surface area contributed by atoms with E-state index in [1.54, 1.807) is 11.0 Å². The van der Waals surface area contributed by atoms with Crippen molar-refractivity contribution in [2.24, 2.45) is 0 Å². The summed E-state index contributed by atoms with van der Waals surface area (Å²) in [7, 11) is 0. The van der Waals surface area contributed by atoms with Crippen LogP contribution in [0.5, 0.6) is 0 Å². The van der Waals surface area contributed by atoms with E-state index in [9.17, 15) is 22.8 Å². The van der Waals surface area contributed by atoms with Crippen molar-refractivity contribution >= 4 is 23.6 Å². The summed E-state index contributed by atoms with van der Waals surface area (Å²) in [5, 5.41) is 2.87. The molecule has 2 saturated heterocycles. The Morgan fingerprint density at radius 2 is 1.71 bits per heavy atom. The molecule has 0 aliphatic carbocycles. The SMILES string of the molecule is O=C(C=Cc1ccc(N2CCCC2=O)cc1)NCC(c1ccc(C(F)(F)F)cc1)N1CCOCC1. The number of hydrogen-bond donors (Lipinski definition) is 1. The maximum Gasteiger partial charge on any atom is 0.416 e. The number of anilines is 1. The molecule has 0 aromatic heterocycles. The van der Waals surface area contributed by atoms with Crippen LogP contribution in [0.15, 0.2) is 54.6 Å². The maximum atomic E-state index is 13.0. The van der Waals surface area contributed by atoms with Crippen molar-refractivity contribution in [2.45, 2.75) is 25.1 Å².